The summed E-state index contributed by atoms with van der Waals surface area (Å²) in [5.74, 6) is -0.428. The standard InChI is InChI=1S/C23H17N5O3/c29-23(27-24-13-14-4-9-17(10-5-14)28(30)31)21-12-20(25-26-21)18-11-8-16-7-6-15-2-1-3-19(18)22(15)16/h1-5,8-13H,6-7H2,(H,25,26)(H,27,29)/b24-13-. The first-order chi connectivity index (χ1) is 15.1. The van der Waals surface area contributed by atoms with E-state index in [2.05, 4.69) is 51.1 Å². The van der Waals surface area contributed by atoms with E-state index in [1.807, 2.05) is 0 Å². The third kappa shape index (κ3) is 3.44. The lowest BCUT2D eigenvalue weighted by atomic mass is 9.98. The van der Waals surface area contributed by atoms with Gasteiger partial charge in [0.1, 0.15) is 5.69 Å². The number of nitro groups is 1. The van der Waals surface area contributed by atoms with Crippen LogP contribution in [0.5, 0.6) is 0 Å². The van der Waals surface area contributed by atoms with Crippen LogP contribution in [0, 0.1) is 10.1 Å². The molecule has 8 nitrogen and oxygen atoms in total. The number of aryl methyl sites for hydroxylation is 2. The van der Waals surface area contributed by atoms with Gasteiger partial charge in [-0.2, -0.15) is 10.2 Å². The Morgan fingerprint density at radius 3 is 2.65 bits per heavy atom. The van der Waals surface area contributed by atoms with Gasteiger partial charge in [-0.15, -0.1) is 0 Å². The second kappa shape index (κ2) is 7.49. The van der Waals surface area contributed by atoms with Crippen LogP contribution in [-0.2, 0) is 12.8 Å². The maximum absolute atomic E-state index is 12.4. The fourth-order valence-electron chi connectivity index (χ4n) is 3.95. The lowest BCUT2D eigenvalue weighted by molar-refractivity contribution is -0.384. The summed E-state index contributed by atoms with van der Waals surface area (Å²) in [7, 11) is 0. The summed E-state index contributed by atoms with van der Waals surface area (Å²) >= 11 is 0. The normalized spacial score (nSPS) is 12.5. The molecule has 2 N–H and O–H groups in total. The van der Waals surface area contributed by atoms with Crippen LogP contribution in [0.2, 0.25) is 0 Å². The van der Waals surface area contributed by atoms with E-state index >= 15 is 0 Å². The van der Waals surface area contributed by atoms with Crippen LogP contribution in [-0.4, -0.2) is 27.2 Å². The molecule has 152 valence electrons. The molecule has 1 heterocycles. The van der Waals surface area contributed by atoms with E-state index in [1.165, 1.54) is 34.9 Å². The van der Waals surface area contributed by atoms with Gasteiger partial charge in [0.05, 0.1) is 16.8 Å². The summed E-state index contributed by atoms with van der Waals surface area (Å²) in [6, 6.07) is 18.1. The number of benzene rings is 3. The zero-order valence-corrected chi connectivity index (χ0v) is 16.3. The van der Waals surface area contributed by atoms with Crippen molar-refractivity contribution in [2.24, 2.45) is 5.10 Å². The number of nitrogens with zero attached hydrogens (tertiary/aromatic N) is 3. The second-order valence-corrected chi connectivity index (χ2v) is 7.33. The van der Waals surface area contributed by atoms with Gasteiger partial charge in [0.25, 0.3) is 11.6 Å². The number of rotatable bonds is 5. The summed E-state index contributed by atoms with van der Waals surface area (Å²) in [5.41, 5.74) is 7.73. The van der Waals surface area contributed by atoms with Crippen molar-refractivity contribution in [1.29, 1.82) is 0 Å². The average molecular weight is 411 g/mol. The zero-order chi connectivity index (χ0) is 21.4. The van der Waals surface area contributed by atoms with Crippen molar-refractivity contribution in [1.82, 2.24) is 15.6 Å². The van der Waals surface area contributed by atoms with Gasteiger partial charge in [0.2, 0.25) is 0 Å². The van der Waals surface area contributed by atoms with Gasteiger partial charge in [-0.3, -0.25) is 20.0 Å². The minimum absolute atomic E-state index is 0.00535. The number of hydrazone groups is 1. The van der Waals surface area contributed by atoms with Gasteiger partial charge < -0.3 is 0 Å². The van der Waals surface area contributed by atoms with Crippen molar-refractivity contribution in [3.63, 3.8) is 0 Å². The quantitative estimate of drug-likeness (QED) is 0.293. The molecule has 1 aliphatic rings. The second-order valence-electron chi connectivity index (χ2n) is 7.33. The molecular weight excluding hydrogens is 394 g/mol. The number of carbonyl (C=O) groups is 1. The van der Waals surface area contributed by atoms with Crippen LogP contribution < -0.4 is 5.43 Å². The van der Waals surface area contributed by atoms with E-state index in [0.717, 1.165) is 23.8 Å². The summed E-state index contributed by atoms with van der Waals surface area (Å²) in [4.78, 5) is 22.6. The number of nitro benzene ring substituents is 1. The molecule has 8 heteroatoms. The van der Waals surface area contributed by atoms with Crippen LogP contribution in [0.3, 0.4) is 0 Å². The molecule has 31 heavy (non-hydrogen) atoms. The smallest absolute Gasteiger partial charge is 0.272 e. The highest BCUT2D eigenvalue weighted by Gasteiger charge is 2.18. The number of H-pyrrole nitrogens is 1. The first-order valence-corrected chi connectivity index (χ1v) is 9.77. The molecule has 5 rings (SSSR count). The molecule has 0 atom stereocenters. The maximum atomic E-state index is 12.4. The molecule has 0 spiro atoms. The Morgan fingerprint density at radius 1 is 1.10 bits per heavy atom. The Bertz CT molecular complexity index is 1350. The number of aromatic amines is 1. The number of hydrogen-bond donors (Lipinski definition) is 2. The Kier molecular flexibility index (Phi) is 4.51. The highest BCUT2D eigenvalue weighted by molar-refractivity contribution is 6.02. The number of carbonyl (C=O) groups excluding carboxylic acids is 1. The predicted molar refractivity (Wildman–Crippen MR) is 117 cm³/mol. The van der Waals surface area contributed by atoms with Gasteiger partial charge in [0.15, 0.2) is 0 Å². The Hall–Kier alpha value is -4.33. The third-order valence-corrected chi connectivity index (χ3v) is 5.46. The first kappa shape index (κ1) is 18.7. The van der Waals surface area contributed by atoms with Crippen LogP contribution in [0.25, 0.3) is 22.0 Å². The molecule has 1 amide bonds. The van der Waals surface area contributed by atoms with E-state index in [-0.39, 0.29) is 5.69 Å². The van der Waals surface area contributed by atoms with Gasteiger partial charge in [-0.1, -0.05) is 30.3 Å². The molecule has 0 bridgehead atoms. The maximum Gasteiger partial charge on any atom is 0.289 e. The van der Waals surface area contributed by atoms with Crippen LogP contribution in [0.15, 0.2) is 65.8 Å². The number of amides is 1. The van der Waals surface area contributed by atoms with E-state index in [0.29, 0.717) is 17.0 Å². The monoisotopic (exact) mass is 411 g/mol. The number of hydrogen-bond acceptors (Lipinski definition) is 5. The van der Waals surface area contributed by atoms with Crippen LogP contribution in [0.1, 0.15) is 27.2 Å². The number of nitrogens with one attached hydrogen (secondary N) is 2. The molecule has 0 radical (unpaired) electrons. The van der Waals surface area contributed by atoms with Gasteiger partial charge in [-0.25, -0.2) is 5.43 Å². The minimum Gasteiger partial charge on any atom is -0.272 e. The van der Waals surface area contributed by atoms with Crippen LogP contribution >= 0.6 is 0 Å². The average Bonchev–Trinajstić information content (AvgIpc) is 3.43. The topological polar surface area (TPSA) is 113 Å². The highest BCUT2D eigenvalue weighted by Crippen LogP contribution is 2.36. The molecule has 0 saturated heterocycles. The Morgan fingerprint density at radius 2 is 1.87 bits per heavy atom. The largest absolute Gasteiger partial charge is 0.289 e. The summed E-state index contributed by atoms with van der Waals surface area (Å²) < 4.78 is 0. The lowest BCUT2D eigenvalue weighted by Gasteiger charge is -2.06. The van der Waals surface area contributed by atoms with Crippen molar-refractivity contribution >= 4 is 28.6 Å². The third-order valence-electron chi connectivity index (χ3n) is 5.46. The predicted octanol–water partition coefficient (Wildman–Crippen LogP) is 4.00. The molecule has 3 aromatic carbocycles. The van der Waals surface area contributed by atoms with E-state index in [1.54, 1.807) is 18.2 Å². The molecule has 1 aromatic heterocycles. The van der Waals surface area contributed by atoms with Crippen molar-refractivity contribution in [2.75, 3.05) is 0 Å². The molecule has 4 aromatic rings. The molecule has 1 aliphatic carbocycles. The SMILES string of the molecule is O=C(N/N=C\c1ccc([N+](=O)[O-])cc1)c1cc(-c2ccc3c4c(cccc24)CC3)n[nH]1. The van der Waals surface area contributed by atoms with Crippen molar-refractivity contribution in [2.45, 2.75) is 12.8 Å². The summed E-state index contributed by atoms with van der Waals surface area (Å²) in [5, 5.41) is 24.1. The highest BCUT2D eigenvalue weighted by atomic mass is 16.6. The minimum atomic E-state index is -0.472. The first-order valence-electron chi connectivity index (χ1n) is 9.77. The van der Waals surface area contributed by atoms with Crippen molar-refractivity contribution in [3.8, 4) is 11.3 Å². The fraction of sp³-hybridized carbons (Fsp3) is 0.0870. The Labute approximate surface area is 176 Å². The lowest BCUT2D eigenvalue weighted by Crippen LogP contribution is -2.17. The molecule has 0 unspecified atom stereocenters. The summed E-state index contributed by atoms with van der Waals surface area (Å²) in [6.45, 7) is 0. The van der Waals surface area contributed by atoms with Crippen LogP contribution in [0.4, 0.5) is 5.69 Å². The van der Waals surface area contributed by atoms with Gasteiger partial charge in [0, 0.05) is 17.7 Å². The van der Waals surface area contributed by atoms with Crippen molar-refractivity contribution < 1.29 is 9.72 Å². The van der Waals surface area contributed by atoms with E-state index in [4.69, 9.17) is 0 Å². The summed E-state index contributed by atoms with van der Waals surface area (Å²) in [6.07, 6.45) is 3.52. The van der Waals surface area contributed by atoms with E-state index < -0.39 is 10.8 Å². The zero-order valence-electron chi connectivity index (χ0n) is 16.3. The fourth-order valence-corrected chi connectivity index (χ4v) is 3.95. The van der Waals surface area contributed by atoms with Gasteiger partial charge in [-0.05, 0) is 58.5 Å². The Balaban J connectivity index is 1.34. The molecule has 0 aliphatic heterocycles. The molecular formula is C23H17N5O3. The van der Waals surface area contributed by atoms with Crippen molar-refractivity contribution in [3.05, 3.63) is 93.2 Å². The van der Waals surface area contributed by atoms with Gasteiger partial charge >= 0.3 is 0 Å². The molecule has 0 saturated carbocycles. The number of aromatic nitrogens is 2. The molecule has 0 fully saturated rings. The van der Waals surface area contributed by atoms with E-state index in [9.17, 15) is 14.9 Å². The number of non-ortho nitro benzene ring substituents is 1.